The van der Waals surface area contributed by atoms with Gasteiger partial charge in [0.1, 0.15) is 11.4 Å². The van der Waals surface area contributed by atoms with Gasteiger partial charge >= 0.3 is 0 Å². The minimum Gasteiger partial charge on any atom is -0.494 e. The minimum atomic E-state index is -0.444. The molecule has 10 nitrogen and oxygen atoms in total. The first-order chi connectivity index (χ1) is 19.5. The van der Waals surface area contributed by atoms with Gasteiger partial charge in [0, 0.05) is 35.0 Å². The lowest BCUT2D eigenvalue weighted by Crippen LogP contribution is -2.23. The summed E-state index contributed by atoms with van der Waals surface area (Å²) < 4.78 is 9.10. The Morgan fingerprint density at radius 3 is 2.38 bits per heavy atom. The highest BCUT2D eigenvalue weighted by molar-refractivity contribution is 7.15. The van der Waals surface area contributed by atoms with E-state index in [2.05, 4.69) is 10.1 Å². The lowest BCUT2D eigenvalue weighted by atomic mass is 10.1. The van der Waals surface area contributed by atoms with Crippen LogP contribution in [0.1, 0.15) is 18.9 Å². The number of non-ortho nitro benzene ring substituents is 1. The average molecular weight is 551 g/mol. The molecule has 0 bridgehead atoms. The molecule has 40 heavy (non-hydrogen) atoms. The van der Waals surface area contributed by atoms with E-state index in [1.807, 2.05) is 67.7 Å². The van der Waals surface area contributed by atoms with Crippen LogP contribution in [-0.4, -0.2) is 35.9 Å². The first-order valence-corrected chi connectivity index (χ1v) is 13.4. The molecule has 3 aromatic heterocycles. The predicted molar refractivity (Wildman–Crippen MR) is 153 cm³/mol. The second-order valence-electron chi connectivity index (χ2n) is 8.94. The molecule has 0 fully saturated rings. The fourth-order valence-corrected chi connectivity index (χ4v) is 5.09. The number of nitrogens with zero attached hydrogens (tertiary/aromatic N) is 6. The summed E-state index contributed by atoms with van der Waals surface area (Å²) in [5.74, 6) is 1.23. The number of aromatic nitrogens is 5. The van der Waals surface area contributed by atoms with Crippen molar-refractivity contribution in [2.24, 2.45) is 0 Å². The molecule has 0 saturated carbocycles. The number of fused-ring (bicyclic) bond motifs is 1. The largest absolute Gasteiger partial charge is 0.494 e. The van der Waals surface area contributed by atoms with Crippen LogP contribution in [0, 0.1) is 10.1 Å². The van der Waals surface area contributed by atoms with Crippen molar-refractivity contribution in [2.45, 2.75) is 13.3 Å². The van der Waals surface area contributed by atoms with E-state index in [9.17, 15) is 14.9 Å². The molecule has 3 heterocycles. The number of ether oxygens (including phenoxy) is 1. The summed E-state index contributed by atoms with van der Waals surface area (Å²) in [7, 11) is 0. The number of para-hydroxylation sites is 1. The average Bonchev–Trinajstić information content (AvgIpc) is 3.68. The monoisotopic (exact) mass is 550 g/mol. The van der Waals surface area contributed by atoms with E-state index in [-0.39, 0.29) is 11.2 Å². The molecular weight excluding hydrogens is 528 g/mol. The van der Waals surface area contributed by atoms with E-state index >= 15 is 0 Å². The van der Waals surface area contributed by atoms with Gasteiger partial charge in [-0.05, 0) is 61.0 Å². The van der Waals surface area contributed by atoms with Crippen molar-refractivity contribution in [1.82, 2.24) is 24.4 Å². The Labute approximate surface area is 231 Å². The normalized spacial score (nSPS) is 11.8. The number of nitro benzene ring substituents is 1. The van der Waals surface area contributed by atoms with Crippen molar-refractivity contribution in [3.05, 3.63) is 116 Å². The minimum absolute atomic E-state index is 0.0110. The maximum Gasteiger partial charge on any atom is 0.291 e. The lowest BCUT2D eigenvalue weighted by Gasteiger charge is -2.04. The third-order valence-electron chi connectivity index (χ3n) is 6.17. The fraction of sp³-hybridized carbons (Fsp3) is 0.103. The molecule has 6 aromatic rings. The summed E-state index contributed by atoms with van der Waals surface area (Å²) in [6, 6.07) is 23.2. The molecule has 3 aromatic carbocycles. The zero-order chi connectivity index (χ0) is 27.6. The van der Waals surface area contributed by atoms with Gasteiger partial charge in [-0.3, -0.25) is 14.9 Å². The van der Waals surface area contributed by atoms with Crippen LogP contribution in [0.3, 0.4) is 0 Å². The highest BCUT2D eigenvalue weighted by Gasteiger charge is 2.16. The number of rotatable bonds is 8. The van der Waals surface area contributed by atoms with Gasteiger partial charge in [0.05, 0.1) is 21.7 Å². The van der Waals surface area contributed by atoms with Gasteiger partial charge in [-0.25, -0.2) is 4.68 Å². The molecule has 11 heteroatoms. The highest BCUT2D eigenvalue weighted by Crippen LogP contribution is 2.27. The van der Waals surface area contributed by atoms with Crippen LogP contribution in [0.15, 0.2) is 89.9 Å². The standard InChI is InChI=1S/C29H22N6O4S/c1-2-16-39-24-14-10-20(11-15-24)27-30-29-34(32-27)28(36)25(40-29)17-21-18-33(22-6-4-3-5-7-22)31-26(21)19-8-12-23(13-9-19)35(37)38/h3-15,17-18H,2,16H2,1H3/b25-17-. The third-order valence-corrected chi connectivity index (χ3v) is 7.13. The van der Waals surface area contributed by atoms with Crippen molar-refractivity contribution in [1.29, 1.82) is 0 Å². The molecule has 0 aliphatic heterocycles. The number of benzene rings is 3. The number of thiazole rings is 1. The van der Waals surface area contributed by atoms with Crippen LogP contribution in [0.5, 0.6) is 5.75 Å². The van der Waals surface area contributed by atoms with E-state index in [0.29, 0.717) is 38.7 Å². The van der Waals surface area contributed by atoms with Crippen molar-refractivity contribution in [3.63, 3.8) is 0 Å². The van der Waals surface area contributed by atoms with E-state index in [1.165, 1.54) is 28.0 Å². The Morgan fingerprint density at radius 1 is 0.975 bits per heavy atom. The molecule has 0 aliphatic rings. The molecule has 6 rings (SSSR count). The lowest BCUT2D eigenvalue weighted by molar-refractivity contribution is -0.384. The Kier molecular flexibility index (Phi) is 6.62. The third kappa shape index (κ3) is 4.85. The zero-order valence-electron chi connectivity index (χ0n) is 21.3. The highest BCUT2D eigenvalue weighted by atomic mass is 32.1. The number of hydrogen-bond acceptors (Lipinski definition) is 8. The maximum absolute atomic E-state index is 13.3. The summed E-state index contributed by atoms with van der Waals surface area (Å²) in [5.41, 5.74) is 3.28. The van der Waals surface area contributed by atoms with Gasteiger partial charge in [-0.15, -0.1) is 5.10 Å². The van der Waals surface area contributed by atoms with Gasteiger partial charge in [0.25, 0.3) is 11.2 Å². The smallest absolute Gasteiger partial charge is 0.291 e. The van der Waals surface area contributed by atoms with Gasteiger partial charge in [-0.2, -0.15) is 14.6 Å². The maximum atomic E-state index is 13.3. The molecule has 0 atom stereocenters. The van der Waals surface area contributed by atoms with Gasteiger partial charge in [-0.1, -0.05) is 36.5 Å². The Hall–Kier alpha value is -5.16. The molecule has 0 N–H and O–H groups in total. The summed E-state index contributed by atoms with van der Waals surface area (Å²) in [5, 5.41) is 20.3. The molecular formula is C29H22N6O4S. The van der Waals surface area contributed by atoms with Crippen LogP contribution in [0.25, 0.3) is 39.4 Å². The molecule has 0 radical (unpaired) electrons. The first-order valence-electron chi connectivity index (χ1n) is 12.5. The zero-order valence-corrected chi connectivity index (χ0v) is 22.1. The Bertz CT molecular complexity index is 1930. The summed E-state index contributed by atoms with van der Waals surface area (Å²) in [4.78, 5) is 29.1. The summed E-state index contributed by atoms with van der Waals surface area (Å²) in [6.07, 6.45) is 4.51. The fourth-order valence-electron chi connectivity index (χ4n) is 4.19. The molecule has 198 valence electrons. The Morgan fingerprint density at radius 2 is 1.70 bits per heavy atom. The van der Waals surface area contributed by atoms with E-state index in [4.69, 9.17) is 9.84 Å². The molecule has 0 amide bonds. The quantitative estimate of drug-likeness (QED) is 0.195. The predicted octanol–water partition coefficient (Wildman–Crippen LogP) is 4.92. The van der Waals surface area contributed by atoms with Crippen molar-refractivity contribution < 1.29 is 9.66 Å². The van der Waals surface area contributed by atoms with Crippen molar-refractivity contribution in [3.8, 4) is 34.1 Å². The second-order valence-corrected chi connectivity index (χ2v) is 9.94. The van der Waals surface area contributed by atoms with Crippen LogP contribution >= 0.6 is 11.3 Å². The number of nitro groups is 1. The van der Waals surface area contributed by atoms with Crippen molar-refractivity contribution >= 4 is 28.1 Å². The second kappa shape index (κ2) is 10.5. The molecule has 0 saturated heterocycles. The summed E-state index contributed by atoms with van der Waals surface area (Å²) >= 11 is 1.23. The Balaban J connectivity index is 1.40. The molecule has 0 spiro atoms. The van der Waals surface area contributed by atoms with Crippen LogP contribution in [-0.2, 0) is 0 Å². The summed E-state index contributed by atoms with van der Waals surface area (Å²) in [6.45, 7) is 2.70. The van der Waals surface area contributed by atoms with Crippen LogP contribution in [0.4, 0.5) is 5.69 Å². The van der Waals surface area contributed by atoms with Crippen LogP contribution < -0.4 is 14.8 Å². The first kappa shape index (κ1) is 25.1. The van der Waals surface area contributed by atoms with Gasteiger partial charge in [0.2, 0.25) is 4.96 Å². The van der Waals surface area contributed by atoms with Crippen molar-refractivity contribution in [2.75, 3.05) is 6.61 Å². The van der Waals surface area contributed by atoms with Gasteiger partial charge in [0.15, 0.2) is 5.82 Å². The topological polar surface area (TPSA) is 117 Å². The number of hydrogen-bond donors (Lipinski definition) is 0. The molecule has 0 unspecified atom stereocenters. The van der Waals surface area contributed by atoms with E-state index in [1.54, 1.807) is 22.9 Å². The SMILES string of the molecule is CCCOc1ccc(-c2nc3s/c(=C\c4cn(-c5ccccc5)nc4-c4ccc([N+](=O)[O-])cc4)c(=O)n3n2)cc1. The molecule has 0 aliphatic carbocycles. The van der Waals surface area contributed by atoms with E-state index < -0.39 is 4.92 Å². The van der Waals surface area contributed by atoms with Gasteiger partial charge < -0.3 is 4.74 Å². The van der Waals surface area contributed by atoms with Crippen LogP contribution in [0.2, 0.25) is 0 Å². The van der Waals surface area contributed by atoms with E-state index in [0.717, 1.165) is 23.4 Å².